The van der Waals surface area contributed by atoms with Gasteiger partial charge in [-0.15, -0.1) is 0 Å². The summed E-state index contributed by atoms with van der Waals surface area (Å²) in [6, 6.07) is 1.91. The Labute approximate surface area is 102 Å². The number of hydrogen-bond donors (Lipinski definition) is 2. The van der Waals surface area contributed by atoms with Crippen LogP contribution in [-0.4, -0.2) is 32.9 Å². The summed E-state index contributed by atoms with van der Waals surface area (Å²) in [6.07, 6.45) is 3.31. The lowest BCUT2D eigenvalue weighted by molar-refractivity contribution is -0.144. The van der Waals surface area contributed by atoms with Crippen LogP contribution >= 0.6 is 0 Å². The molecule has 17 heavy (non-hydrogen) atoms. The van der Waals surface area contributed by atoms with Gasteiger partial charge in [0.05, 0.1) is 5.69 Å². The van der Waals surface area contributed by atoms with E-state index in [1.807, 2.05) is 26.1 Å². The summed E-state index contributed by atoms with van der Waals surface area (Å²) < 4.78 is 1.78. The molecule has 0 spiro atoms. The van der Waals surface area contributed by atoms with E-state index < -0.39 is 11.5 Å². The zero-order valence-electron chi connectivity index (χ0n) is 10.7. The smallest absolute Gasteiger partial charge is 0.323 e. The number of carbonyl (C=O) groups is 1. The van der Waals surface area contributed by atoms with Gasteiger partial charge in [-0.05, 0) is 39.3 Å². The highest BCUT2D eigenvalue weighted by Gasteiger charge is 2.31. The third-order valence-corrected chi connectivity index (χ3v) is 2.85. The second-order valence-corrected chi connectivity index (χ2v) is 4.53. The van der Waals surface area contributed by atoms with E-state index in [1.54, 1.807) is 11.6 Å². The minimum atomic E-state index is -0.879. The van der Waals surface area contributed by atoms with Crippen molar-refractivity contribution in [1.82, 2.24) is 15.1 Å². The average Bonchev–Trinajstić information content (AvgIpc) is 2.69. The summed E-state index contributed by atoms with van der Waals surface area (Å²) in [7, 11) is 0. The van der Waals surface area contributed by atoms with Crippen molar-refractivity contribution in [3.05, 3.63) is 18.0 Å². The lowest BCUT2D eigenvalue weighted by atomic mass is 9.98. The van der Waals surface area contributed by atoms with Gasteiger partial charge in [0, 0.05) is 12.7 Å². The molecule has 1 heterocycles. The van der Waals surface area contributed by atoms with E-state index in [0.717, 1.165) is 12.1 Å². The zero-order chi connectivity index (χ0) is 12.9. The Bertz CT molecular complexity index is 376. The first-order chi connectivity index (χ1) is 7.98. The monoisotopic (exact) mass is 239 g/mol. The van der Waals surface area contributed by atoms with E-state index in [2.05, 4.69) is 10.4 Å². The molecule has 0 aliphatic carbocycles. The molecule has 0 aliphatic heterocycles. The van der Waals surface area contributed by atoms with E-state index in [4.69, 9.17) is 0 Å². The van der Waals surface area contributed by atoms with E-state index in [9.17, 15) is 9.90 Å². The Kier molecular flexibility index (Phi) is 4.69. The molecule has 0 aliphatic rings. The largest absolute Gasteiger partial charge is 0.480 e. The summed E-state index contributed by atoms with van der Waals surface area (Å²) >= 11 is 0. The highest BCUT2D eigenvalue weighted by atomic mass is 16.4. The highest BCUT2D eigenvalue weighted by molar-refractivity contribution is 5.78. The van der Waals surface area contributed by atoms with Crippen molar-refractivity contribution in [1.29, 1.82) is 0 Å². The molecule has 2 N–H and O–H groups in total. The fourth-order valence-corrected chi connectivity index (χ4v) is 1.60. The second-order valence-electron chi connectivity index (χ2n) is 4.53. The Morgan fingerprint density at radius 3 is 2.82 bits per heavy atom. The van der Waals surface area contributed by atoms with Gasteiger partial charge in [-0.1, -0.05) is 6.92 Å². The SMILES string of the molecule is CCCNC(C)(CCn1ccc(C)n1)C(=O)O. The molecule has 1 rings (SSSR count). The van der Waals surface area contributed by atoms with Crippen molar-refractivity contribution in [3.63, 3.8) is 0 Å². The molecule has 1 aromatic rings. The summed E-state index contributed by atoms with van der Waals surface area (Å²) in [5, 5.41) is 16.6. The summed E-state index contributed by atoms with van der Waals surface area (Å²) in [6.45, 7) is 6.98. The normalized spacial score (nSPS) is 14.5. The van der Waals surface area contributed by atoms with Crippen LogP contribution in [0.25, 0.3) is 0 Å². The van der Waals surface area contributed by atoms with Crippen molar-refractivity contribution < 1.29 is 9.90 Å². The molecule has 1 aromatic heterocycles. The molecule has 96 valence electrons. The number of carboxylic acids is 1. The van der Waals surface area contributed by atoms with Gasteiger partial charge in [0.2, 0.25) is 0 Å². The van der Waals surface area contributed by atoms with Gasteiger partial charge < -0.3 is 10.4 Å². The average molecular weight is 239 g/mol. The third kappa shape index (κ3) is 3.85. The van der Waals surface area contributed by atoms with Crippen LogP contribution in [0.4, 0.5) is 0 Å². The number of rotatable bonds is 7. The minimum absolute atomic E-state index is 0.517. The van der Waals surface area contributed by atoms with Crippen LogP contribution in [0.1, 0.15) is 32.4 Å². The summed E-state index contributed by atoms with van der Waals surface area (Å²) in [4.78, 5) is 11.3. The van der Waals surface area contributed by atoms with Crippen LogP contribution < -0.4 is 5.32 Å². The van der Waals surface area contributed by atoms with E-state index in [1.165, 1.54) is 0 Å². The first-order valence-electron chi connectivity index (χ1n) is 5.96. The van der Waals surface area contributed by atoms with Gasteiger partial charge in [0.1, 0.15) is 5.54 Å². The predicted octanol–water partition coefficient (Wildman–Crippen LogP) is 1.42. The first-order valence-corrected chi connectivity index (χ1v) is 5.96. The topological polar surface area (TPSA) is 67.2 Å². The molecule has 5 nitrogen and oxygen atoms in total. The van der Waals surface area contributed by atoms with Crippen LogP contribution in [-0.2, 0) is 11.3 Å². The maximum Gasteiger partial charge on any atom is 0.323 e. The number of hydrogen-bond acceptors (Lipinski definition) is 3. The lowest BCUT2D eigenvalue weighted by Gasteiger charge is -2.26. The molecule has 1 unspecified atom stereocenters. The fraction of sp³-hybridized carbons (Fsp3) is 0.667. The van der Waals surface area contributed by atoms with E-state index >= 15 is 0 Å². The van der Waals surface area contributed by atoms with Gasteiger partial charge in [0.25, 0.3) is 0 Å². The van der Waals surface area contributed by atoms with E-state index in [0.29, 0.717) is 19.5 Å². The van der Waals surface area contributed by atoms with Gasteiger partial charge in [0.15, 0.2) is 0 Å². The quantitative estimate of drug-likeness (QED) is 0.755. The highest BCUT2D eigenvalue weighted by Crippen LogP contribution is 2.12. The van der Waals surface area contributed by atoms with Crippen LogP contribution in [0.15, 0.2) is 12.3 Å². The lowest BCUT2D eigenvalue weighted by Crippen LogP contribution is -2.50. The Balaban J connectivity index is 2.58. The Morgan fingerprint density at radius 2 is 2.35 bits per heavy atom. The molecule has 0 amide bonds. The molecule has 0 aromatic carbocycles. The zero-order valence-corrected chi connectivity index (χ0v) is 10.7. The second kappa shape index (κ2) is 5.82. The van der Waals surface area contributed by atoms with Crippen LogP contribution in [0, 0.1) is 6.92 Å². The molecule has 0 radical (unpaired) electrons. The van der Waals surface area contributed by atoms with E-state index in [-0.39, 0.29) is 0 Å². The Hall–Kier alpha value is -1.36. The molecule has 0 fully saturated rings. The molecule has 0 bridgehead atoms. The molecular formula is C12H21N3O2. The molecule has 0 saturated carbocycles. The third-order valence-electron chi connectivity index (χ3n) is 2.85. The summed E-state index contributed by atoms with van der Waals surface area (Å²) in [5.41, 5.74) is 0.0686. The molecule has 5 heteroatoms. The number of nitrogens with one attached hydrogen (secondary N) is 1. The van der Waals surface area contributed by atoms with Crippen molar-refractivity contribution >= 4 is 5.97 Å². The van der Waals surface area contributed by atoms with Crippen molar-refractivity contribution in [3.8, 4) is 0 Å². The van der Waals surface area contributed by atoms with Gasteiger partial charge >= 0.3 is 5.97 Å². The molecule has 0 saturated heterocycles. The maximum atomic E-state index is 11.3. The van der Waals surface area contributed by atoms with Gasteiger partial charge in [-0.25, -0.2) is 0 Å². The van der Waals surface area contributed by atoms with Crippen molar-refractivity contribution in [2.45, 2.75) is 45.7 Å². The number of carboxylic acid groups (broad SMARTS) is 1. The molecule has 1 atom stereocenters. The van der Waals surface area contributed by atoms with Gasteiger partial charge in [-0.2, -0.15) is 5.10 Å². The number of nitrogens with zero attached hydrogens (tertiary/aromatic N) is 2. The molecular weight excluding hydrogens is 218 g/mol. The fourth-order valence-electron chi connectivity index (χ4n) is 1.60. The predicted molar refractivity (Wildman–Crippen MR) is 65.9 cm³/mol. The van der Waals surface area contributed by atoms with Crippen LogP contribution in [0.5, 0.6) is 0 Å². The van der Waals surface area contributed by atoms with Crippen LogP contribution in [0.3, 0.4) is 0 Å². The number of aliphatic carboxylic acids is 1. The first kappa shape index (κ1) is 13.7. The summed E-state index contributed by atoms with van der Waals surface area (Å²) in [5.74, 6) is -0.810. The number of aromatic nitrogens is 2. The number of aryl methyl sites for hydroxylation is 2. The van der Waals surface area contributed by atoms with Crippen LogP contribution in [0.2, 0.25) is 0 Å². The maximum absolute atomic E-state index is 11.3. The Morgan fingerprint density at radius 1 is 1.65 bits per heavy atom. The van der Waals surface area contributed by atoms with Gasteiger partial charge in [-0.3, -0.25) is 9.48 Å². The van der Waals surface area contributed by atoms with Crippen molar-refractivity contribution in [2.75, 3.05) is 6.54 Å². The standard InChI is InChI=1S/C12H21N3O2/c1-4-7-13-12(3,11(16)17)6-9-15-8-5-10(2)14-15/h5,8,13H,4,6-7,9H2,1-3H3,(H,16,17). The van der Waals surface area contributed by atoms with Crippen molar-refractivity contribution in [2.24, 2.45) is 0 Å². The minimum Gasteiger partial charge on any atom is -0.480 e.